The lowest BCUT2D eigenvalue weighted by Crippen LogP contribution is -2.30. The molecule has 0 radical (unpaired) electrons. The Balaban J connectivity index is 2.08. The highest BCUT2D eigenvalue weighted by molar-refractivity contribution is 6.20. The zero-order chi connectivity index (χ0) is 16.4. The summed E-state index contributed by atoms with van der Waals surface area (Å²) in [5, 5.41) is 0.638. The lowest BCUT2D eigenvalue weighted by atomic mass is 9.71. The molecule has 0 bridgehead atoms. The molecule has 0 fully saturated rings. The van der Waals surface area contributed by atoms with Crippen LogP contribution in [0.3, 0.4) is 0 Å². The summed E-state index contributed by atoms with van der Waals surface area (Å²) in [5.41, 5.74) is 3.33. The minimum Gasteiger partial charge on any atom is -0.497 e. The average molecular weight is 309 g/mol. The number of carbonyl (C=O) groups excluding carboxylic acids is 1. The monoisotopic (exact) mass is 309 g/mol. The fraction of sp³-hybridized carbons (Fsp3) is 0.211. The second-order valence-electron chi connectivity index (χ2n) is 6.43. The number of hydrogen-bond acceptors (Lipinski definition) is 2. The van der Waals surface area contributed by atoms with E-state index >= 15 is 0 Å². The van der Waals surface area contributed by atoms with Crippen molar-refractivity contribution in [3.05, 3.63) is 64.6 Å². The molecule has 0 unspecified atom stereocenters. The summed E-state index contributed by atoms with van der Waals surface area (Å²) < 4.78 is 19.0. The van der Waals surface area contributed by atoms with Gasteiger partial charge in [-0.15, -0.1) is 0 Å². The molecule has 2 aromatic carbocycles. The molecule has 0 saturated carbocycles. The molecule has 1 aliphatic rings. The number of nitrogens with one attached hydrogen (secondary N) is 1. The summed E-state index contributed by atoms with van der Waals surface area (Å²) in [5.74, 6) is 0.300. The normalized spacial score (nSPS) is 15.4. The Hall–Kier alpha value is -2.62. The van der Waals surface area contributed by atoms with E-state index in [-0.39, 0.29) is 11.6 Å². The van der Waals surface area contributed by atoms with E-state index in [2.05, 4.69) is 18.8 Å². The Labute approximate surface area is 133 Å². The zero-order valence-electron chi connectivity index (χ0n) is 13.2. The molecule has 0 atom stereocenters. The van der Waals surface area contributed by atoms with Crippen LogP contribution in [0.15, 0.2) is 36.4 Å². The molecule has 1 heterocycles. The number of benzene rings is 2. The average Bonchev–Trinajstić information content (AvgIpc) is 2.92. The van der Waals surface area contributed by atoms with Gasteiger partial charge in [-0.05, 0) is 42.0 Å². The summed E-state index contributed by atoms with van der Waals surface area (Å²) in [6.45, 7) is 4.12. The molecule has 3 nitrogen and oxygen atoms in total. The number of ether oxygens (including phenoxy) is 1. The summed E-state index contributed by atoms with van der Waals surface area (Å²) in [6, 6.07) is 9.98. The third-order valence-electron chi connectivity index (χ3n) is 4.76. The minimum absolute atomic E-state index is 0.0752. The van der Waals surface area contributed by atoms with Crippen molar-refractivity contribution in [2.75, 3.05) is 7.11 Å². The molecule has 23 heavy (non-hydrogen) atoms. The fourth-order valence-electron chi connectivity index (χ4n) is 3.50. The van der Waals surface area contributed by atoms with Gasteiger partial charge in [-0.1, -0.05) is 13.8 Å². The van der Waals surface area contributed by atoms with Gasteiger partial charge in [-0.2, -0.15) is 0 Å². The van der Waals surface area contributed by atoms with E-state index in [9.17, 15) is 9.18 Å². The van der Waals surface area contributed by atoms with Crippen LogP contribution in [-0.2, 0) is 5.41 Å². The van der Waals surface area contributed by atoms with Gasteiger partial charge in [0.15, 0.2) is 5.78 Å². The molecular formula is C19H16FNO2. The van der Waals surface area contributed by atoms with Gasteiger partial charge in [0.25, 0.3) is 0 Å². The topological polar surface area (TPSA) is 42.1 Å². The Morgan fingerprint density at radius 3 is 2.65 bits per heavy atom. The maximum atomic E-state index is 13.7. The molecule has 1 aromatic heterocycles. The number of rotatable bonds is 1. The van der Waals surface area contributed by atoms with E-state index in [0.717, 1.165) is 22.5 Å². The van der Waals surface area contributed by atoms with Gasteiger partial charge < -0.3 is 9.72 Å². The molecule has 0 saturated heterocycles. The third kappa shape index (κ3) is 1.78. The minimum atomic E-state index is -0.400. The maximum Gasteiger partial charge on any atom is 0.195 e. The number of hydrogen-bond donors (Lipinski definition) is 1. The first-order valence-electron chi connectivity index (χ1n) is 7.48. The van der Waals surface area contributed by atoms with Crippen LogP contribution in [0.5, 0.6) is 5.75 Å². The molecule has 1 aliphatic carbocycles. The highest BCUT2D eigenvalue weighted by atomic mass is 19.1. The van der Waals surface area contributed by atoms with Crippen LogP contribution in [0.4, 0.5) is 4.39 Å². The van der Waals surface area contributed by atoms with Crippen molar-refractivity contribution in [1.29, 1.82) is 0 Å². The molecule has 0 amide bonds. The second kappa shape index (κ2) is 4.44. The lowest BCUT2D eigenvalue weighted by molar-refractivity contribution is 0.103. The Kier molecular flexibility index (Phi) is 2.71. The van der Waals surface area contributed by atoms with Crippen LogP contribution < -0.4 is 4.74 Å². The number of H-pyrrole nitrogens is 1. The van der Waals surface area contributed by atoms with E-state index in [0.29, 0.717) is 16.5 Å². The number of ketones is 1. The Morgan fingerprint density at radius 2 is 1.91 bits per heavy atom. The summed E-state index contributed by atoms with van der Waals surface area (Å²) in [7, 11) is 1.61. The summed E-state index contributed by atoms with van der Waals surface area (Å²) >= 11 is 0. The Bertz CT molecular complexity index is 969. The van der Waals surface area contributed by atoms with Gasteiger partial charge in [-0.25, -0.2) is 4.39 Å². The van der Waals surface area contributed by atoms with Crippen molar-refractivity contribution in [1.82, 2.24) is 4.98 Å². The standard InChI is InChI=1S/C19H16FNO2/c1-19(2)14-9-11(23-3)5-6-12(14)17(22)16-13-8-10(20)4-7-15(13)21-18(16)19/h4-9,21H,1-3H3. The summed E-state index contributed by atoms with van der Waals surface area (Å²) in [6.07, 6.45) is 0. The third-order valence-corrected chi connectivity index (χ3v) is 4.76. The van der Waals surface area contributed by atoms with Crippen molar-refractivity contribution < 1.29 is 13.9 Å². The first-order valence-corrected chi connectivity index (χ1v) is 7.48. The molecule has 4 rings (SSSR count). The van der Waals surface area contributed by atoms with E-state index in [1.54, 1.807) is 25.3 Å². The number of methoxy groups -OCH3 is 1. The molecular weight excluding hydrogens is 293 g/mol. The largest absolute Gasteiger partial charge is 0.497 e. The second-order valence-corrected chi connectivity index (χ2v) is 6.43. The van der Waals surface area contributed by atoms with Crippen LogP contribution in [0.25, 0.3) is 10.9 Å². The predicted molar refractivity (Wildman–Crippen MR) is 86.8 cm³/mol. The molecule has 3 aromatic rings. The van der Waals surface area contributed by atoms with Gasteiger partial charge in [0.1, 0.15) is 11.6 Å². The number of aromatic nitrogens is 1. The van der Waals surface area contributed by atoms with Gasteiger partial charge in [0.2, 0.25) is 0 Å². The SMILES string of the molecule is COc1ccc2c(c1)C(C)(C)c1[nH]c3ccc(F)cc3c1C2=O. The fourth-order valence-corrected chi connectivity index (χ4v) is 3.50. The van der Waals surface area contributed by atoms with Crippen LogP contribution in [0.2, 0.25) is 0 Å². The summed E-state index contributed by atoms with van der Waals surface area (Å²) in [4.78, 5) is 16.3. The quantitative estimate of drug-likeness (QED) is 0.732. The molecule has 116 valence electrons. The predicted octanol–water partition coefficient (Wildman–Crippen LogP) is 4.19. The number of halogens is 1. The van der Waals surface area contributed by atoms with Crippen LogP contribution >= 0.6 is 0 Å². The van der Waals surface area contributed by atoms with Crippen molar-refractivity contribution in [3.63, 3.8) is 0 Å². The molecule has 1 N–H and O–H groups in total. The van der Waals surface area contributed by atoms with Crippen LogP contribution in [0, 0.1) is 5.82 Å². The van der Waals surface area contributed by atoms with Gasteiger partial charge >= 0.3 is 0 Å². The highest BCUT2D eigenvalue weighted by Gasteiger charge is 2.39. The number of fused-ring (bicyclic) bond motifs is 4. The first kappa shape index (κ1) is 14.0. The highest BCUT2D eigenvalue weighted by Crippen LogP contribution is 2.44. The molecule has 0 spiro atoms. The van der Waals surface area contributed by atoms with Gasteiger partial charge in [-0.3, -0.25) is 4.79 Å². The van der Waals surface area contributed by atoms with Gasteiger partial charge in [0.05, 0.1) is 12.7 Å². The first-order chi connectivity index (χ1) is 10.9. The van der Waals surface area contributed by atoms with Crippen molar-refractivity contribution in [2.24, 2.45) is 0 Å². The van der Waals surface area contributed by atoms with Crippen molar-refractivity contribution in [2.45, 2.75) is 19.3 Å². The number of aromatic amines is 1. The zero-order valence-corrected chi connectivity index (χ0v) is 13.2. The Morgan fingerprint density at radius 1 is 1.13 bits per heavy atom. The molecule has 4 heteroatoms. The van der Waals surface area contributed by atoms with Crippen LogP contribution in [-0.4, -0.2) is 17.9 Å². The van der Waals surface area contributed by atoms with Gasteiger partial charge in [0, 0.05) is 27.6 Å². The van der Waals surface area contributed by atoms with Crippen LogP contribution in [0.1, 0.15) is 41.0 Å². The van der Waals surface area contributed by atoms with Crippen molar-refractivity contribution >= 4 is 16.7 Å². The van der Waals surface area contributed by atoms with E-state index in [4.69, 9.17) is 4.74 Å². The van der Waals surface area contributed by atoms with E-state index < -0.39 is 5.41 Å². The van der Waals surface area contributed by atoms with E-state index in [1.807, 2.05) is 6.07 Å². The lowest BCUT2D eigenvalue weighted by Gasteiger charge is -2.32. The molecule has 0 aliphatic heterocycles. The number of carbonyl (C=O) groups is 1. The maximum absolute atomic E-state index is 13.7. The van der Waals surface area contributed by atoms with Crippen molar-refractivity contribution in [3.8, 4) is 5.75 Å². The smallest absolute Gasteiger partial charge is 0.195 e. The van der Waals surface area contributed by atoms with E-state index in [1.165, 1.54) is 12.1 Å².